The number of rotatable bonds is 6. The summed E-state index contributed by atoms with van der Waals surface area (Å²) in [6.07, 6.45) is 1.71. The molecule has 0 aliphatic rings. The Labute approximate surface area is 89.7 Å². The summed E-state index contributed by atoms with van der Waals surface area (Å²) in [5, 5.41) is 8.55. The van der Waals surface area contributed by atoms with Crippen LogP contribution in [0.15, 0.2) is 30.3 Å². The van der Waals surface area contributed by atoms with Crippen LogP contribution in [0, 0.1) is 0 Å². The van der Waals surface area contributed by atoms with Gasteiger partial charge in [0.15, 0.2) is 0 Å². The van der Waals surface area contributed by atoms with Crippen molar-refractivity contribution in [2.75, 3.05) is 6.61 Å². The van der Waals surface area contributed by atoms with Gasteiger partial charge in [-0.05, 0) is 12.0 Å². The Bertz CT molecular complexity index is 295. The molecule has 3 heteroatoms. The number of aliphatic carboxylic acids is 1. The lowest BCUT2D eigenvalue weighted by molar-refractivity contribution is -0.144. The highest BCUT2D eigenvalue weighted by molar-refractivity contribution is 5.68. The van der Waals surface area contributed by atoms with Crippen molar-refractivity contribution in [2.45, 2.75) is 25.9 Å². The van der Waals surface area contributed by atoms with Gasteiger partial charge in [0.05, 0.1) is 6.10 Å². The number of hydrogen-bond acceptors (Lipinski definition) is 2. The first-order chi connectivity index (χ1) is 7.24. The first-order valence-electron chi connectivity index (χ1n) is 5.12. The Balaban J connectivity index is 2.61. The quantitative estimate of drug-likeness (QED) is 0.781. The predicted molar refractivity (Wildman–Crippen MR) is 57.7 cm³/mol. The molecule has 0 heterocycles. The minimum Gasteiger partial charge on any atom is -0.480 e. The average Bonchev–Trinajstić information content (AvgIpc) is 2.25. The lowest BCUT2D eigenvalue weighted by atomic mass is 10.1. The fourth-order valence-electron chi connectivity index (χ4n) is 1.45. The number of carbonyl (C=O) groups is 1. The van der Waals surface area contributed by atoms with E-state index >= 15 is 0 Å². The van der Waals surface area contributed by atoms with E-state index in [1.807, 2.05) is 30.3 Å². The topological polar surface area (TPSA) is 46.5 Å². The molecular formula is C12H16O3. The van der Waals surface area contributed by atoms with Crippen LogP contribution in [0.1, 0.15) is 31.4 Å². The third-order valence-corrected chi connectivity index (χ3v) is 2.13. The fourth-order valence-corrected chi connectivity index (χ4v) is 1.45. The summed E-state index contributed by atoms with van der Waals surface area (Å²) in [5.41, 5.74) is 1.04. The second-order valence-corrected chi connectivity index (χ2v) is 3.39. The molecule has 0 fully saturated rings. The second-order valence-electron chi connectivity index (χ2n) is 3.39. The van der Waals surface area contributed by atoms with E-state index in [2.05, 4.69) is 6.92 Å². The number of carboxylic acids is 1. The molecule has 1 rings (SSSR count). The summed E-state index contributed by atoms with van der Waals surface area (Å²) < 4.78 is 5.33. The molecule has 0 radical (unpaired) electrons. The van der Waals surface area contributed by atoms with Gasteiger partial charge in [0.2, 0.25) is 0 Å². The third kappa shape index (κ3) is 4.13. The average molecular weight is 208 g/mol. The molecule has 1 aromatic carbocycles. The van der Waals surface area contributed by atoms with E-state index in [4.69, 9.17) is 9.84 Å². The van der Waals surface area contributed by atoms with E-state index in [0.29, 0.717) is 0 Å². The van der Waals surface area contributed by atoms with Crippen LogP contribution in [0.25, 0.3) is 0 Å². The van der Waals surface area contributed by atoms with Crippen molar-refractivity contribution in [1.82, 2.24) is 0 Å². The van der Waals surface area contributed by atoms with E-state index in [9.17, 15) is 4.79 Å². The lowest BCUT2D eigenvalue weighted by Gasteiger charge is -2.16. The zero-order valence-corrected chi connectivity index (χ0v) is 8.85. The minimum absolute atomic E-state index is 0.104. The summed E-state index contributed by atoms with van der Waals surface area (Å²) in [6, 6.07) is 9.72. The van der Waals surface area contributed by atoms with Crippen molar-refractivity contribution in [1.29, 1.82) is 0 Å². The molecule has 1 atom stereocenters. The smallest absolute Gasteiger partial charge is 0.329 e. The summed E-state index contributed by atoms with van der Waals surface area (Å²) in [5.74, 6) is -0.924. The SMILES string of the molecule is CCCC(OCC(=O)O)c1ccccc1. The van der Waals surface area contributed by atoms with Crippen LogP contribution < -0.4 is 0 Å². The molecule has 0 bridgehead atoms. The van der Waals surface area contributed by atoms with E-state index in [0.717, 1.165) is 18.4 Å². The molecular weight excluding hydrogens is 192 g/mol. The molecule has 0 spiro atoms. The molecule has 1 unspecified atom stereocenters. The first kappa shape index (κ1) is 11.7. The molecule has 1 N–H and O–H groups in total. The highest BCUT2D eigenvalue weighted by Gasteiger charge is 2.11. The normalized spacial score (nSPS) is 12.3. The van der Waals surface area contributed by atoms with Crippen LogP contribution in [0.5, 0.6) is 0 Å². The molecule has 82 valence electrons. The fraction of sp³-hybridized carbons (Fsp3) is 0.417. The monoisotopic (exact) mass is 208 g/mol. The molecule has 3 nitrogen and oxygen atoms in total. The summed E-state index contributed by atoms with van der Waals surface area (Å²) >= 11 is 0. The van der Waals surface area contributed by atoms with Gasteiger partial charge < -0.3 is 9.84 Å². The van der Waals surface area contributed by atoms with Gasteiger partial charge in [-0.15, -0.1) is 0 Å². The van der Waals surface area contributed by atoms with Gasteiger partial charge in [-0.3, -0.25) is 0 Å². The minimum atomic E-state index is -0.924. The molecule has 1 aromatic rings. The Hall–Kier alpha value is -1.35. The maximum atomic E-state index is 10.4. The molecule has 15 heavy (non-hydrogen) atoms. The lowest BCUT2D eigenvalue weighted by Crippen LogP contribution is -2.12. The Kier molecular flexibility index (Phi) is 4.84. The maximum Gasteiger partial charge on any atom is 0.329 e. The molecule has 0 saturated carbocycles. The molecule has 0 saturated heterocycles. The van der Waals surface area contributed by atoms with Gasteiger partial charge in [-0.1, -0.05) is 43.7 Å². The molecule has 0 aromatic heterocycles. The standard InChI is InChI=1S/C12H16O3/c1-2-6-11(15-9-12(13)14)10-7-4-3-5-8-10/h3-5,7-8,11H,2,6,9H2,1H3,(H,13,14). The van der Waals surface area contributed by atoms with Crippen molar-refractivity contribution < 1.29 is 14.6 Å². The van der Waals surface area contributed by atoms with Crippen LogP contribution >= 0.6 is 0 Å². The molecule has 0 amide bonds. The van der Waals surface area contributed by atoms with Crippen molar-refractivity contribution in [3.63, 3.8) is 0 Å². The van der Waals surface area contributed by atoms with Crippen molar-refractivity contribution in [2.24, 2.45) is 0 Å². The van der Waals surface area contributed by atoms with Gasteiger partial charge in [-0.2, -0.15) is 0 Å². The molecule has 0 aliphatic carbocycles. The number of benzene rings is 1. The molecule has 0 aliphatic heterocycles. The van der Waals surface area contributed by atoms with E-state index in [1.54, 1.807) is 0 Å². The van der Waals surface area contributed by atoms with E-state index < -0.39 is 5.97 Å². The van der Waals surface area contributed by atoms with Gasteiger partial charge in [0, 0.05) is 0 Å². The number of hydrogen-bond donors (Lipinski definition) is 1. The predicted octanol–water partition coefficient (Wildman–Crippen LogP) is 2.63. The summed E-state index contributed by atoms with van der Waals surface area (Å²) in [7, 11) is 0. The van der Waals surface area contributed by atoms with Crippen molar-refractivity contribution >= 4 is 5.97 Å². The van der Waals surface area contributed by atoms with Gasteiger partial charge in [0.25, 0.3) is 0 Å². The van der Waals surface area contributed by atoms with Gasteiger partial charge in [0.1, 0.15) is 6.61 Å². The zero-order valence-electron chi connectivity index (χ0n) is 8.85. The summed E-state index contributed by atoms with van der Waals surface area (Å²) in [4.78, 5) is 10.4. The number of carboxylic acid groups (broad SMARTS) is 1. The van der Waals surface area contributed by atoms with Gasteiger partial charge in [-0.25, -0.2) is 4.79 Å². The zero-order chi connectivity index (χ0) is 11.1. The second kappa shape index (κ2) is 6.19. The van der Waals surface area contributed by atoms with Crippen molar-refractivity contribution in [3.05, 3.63) is 35.9 Å². The Morgan fingerprint density at radius 2 is 2.07 bits per heavy atom. The van der Waals surface area contributed by atoms with Crippen molar-refractivity contribution in [3.8, 4) is 0 Å². The maximum absolute atomic E-state index is 10.4. The Morgan fingerprint density at radius 1 is 1.40 bits per heavy atom. The van der Waals surface area contributed by atoms with E-state index in [-0.39, 0.29) is 12.7 Å². The van der Waals surface area contributed by atoms with Crippen LogP contribution in [0.2, 0.25) is 0 Å². The first-order valence-corrected chi connectivity index (χ1v) is 5.12. The largest absolute Gasteiger partial charge is 0.480 e. The highest BCUT2D eigenvalue weighted by atomic mass is 16.5. The number of ether oxygens (including phenoxy) is 1. The third-order valence-electron chi connectivity index (χ3n) is 2.13. The highest BCUT2D eigenvalue weighted by Crippen LogP contribution is 2.22. The van der Waals surface area contributed by atoms with Gasteiger partial charge >= 0.3 is 5.97 Å². The van der Waals surface area contributed by atoms with Crippen LogP contribution in [0.3, 0.4) is 0 Å². The van der Waals surface area contributed by atoms with Crippen LogP contribution in [-0.4, -0.2) is 17.7 Å². The summed E-state index contributed by atoms with van der Waals surface area (Å²) in [6.45, 7) is 1.82. The van der Waals surface area contributed by atoms with Crippen LogP contribution in [-0.2, 0) is 9.53 Å². The van der Waals surface area contributed by atoms with Crippen LogP contribution in [0.4, 0.5) is 0 Å². The van der Waals surface area contributed by atoms with E-state index in [1.165, 1.54) is 0 Å². The Morgan fingerprint density at radius 3 is 2.60 bits per heavy atom.